The molecule has 0 aromatic rings. The summed E-state index contributed by atoms with van der Waals surface area (Å²) in [5.74, 6) is -1.23. The molecule has 0 spiro atoms. The third kappa shape index (κ3) is 5.83. The van der Waals surface area contributed by atoms with Crippen molar-refractivity contribution in [3.05, 3.63) is 0 Å². The van der Waals surface area contributed by atoms with Gasteiger partial charge in [-0.05, 0) is 27.7 Å². The highest BCUT2D eigenvalue weighted by Crippen LogP contribution is 2.07. The third-order valence-electron chi connectivity index (χ3n) is 1.21. The second-order valence-corrected chi connectivity index (χ2v) is 3.92. The van der Waals surface area contributed by atoms with Crippen molar-refractivity contribution in [2.75, 3.05) is 6.61 Å². The number of carbonyl (C=O) groups is 2. The van der Waals surface area contributed by atoms with Crippen LogP contribution in [0.15, 0.2) is 5.16 Å². The summed E-state index contributed by atoms with van der Waals surface area (Å²) in [5.41, 5.74) is -0.862. The highest BCUT2D eigenvalue weighted by atomic mass is 16.7. The number of ketones is 1. The van der Waals surface area contributed by atoms with Crippen LogP contribution in [-0.2, 0) is 19.2 Å². The minimum Gasteiger partial charge on any atom is -0.461 e. The van der Waals surface area contributed by atoms with Crippen molar-refractivity contribution in [2.45, 2.75) is 40.2 Å². The molecule has 0 aromatic heterocycles. The summed E-state index contributed by atoms with van der Waals surface area (Å²) in [5, 5.41) is 3.51. The molecule has 5 heteroatoms. The molecule has 0 fully saturated rings. The fraction of sp³-hybridized carbons (Fsp3) is 0.700. The summed E-state index contributed by atoms with van der Waals surface area (Å²) in [6.07, 6.45) is 0. The van der Waals surface area contributed by atoms with Gasteiger partial charge in [0.15, 0.2) is 5.78 Å². The van der Waals surface area contributed by atoms with E-state index in [1.807, 2.05) is 0 Å². The summed E-state index contributed by atoms with van der Waals surface area (Å²) in [7, 11) is 0. The highest BCUT2D eigenvalue weighted by molar-refractivity contribution is 6.63. The molecular weight excluding hydrogens is 198 g/mol. The van der Waals surface area contributed by atoms with Gasteiger partial charge in [0.1, 0.15) is 5.60 Å². The van der Waals surface area contributed by atoms with Crippen LogP contribution in [0.25, 0.3) is 0 Å². The molecule has 0 aliphatic carbocycles. The Labute approximate surface area is 89.4 Å². The molecule has 0 amide bonds. The molecular formula is C10H17NO4. The number of carbonyl (C=O) groups excluding carboxylic acids is 2. The normalized spacial score (nSPS) is 12.2. The summed E-state index contributed by atoms with van der Waals surface area (Å²) >= 11 is 0. The van der Waals surface area contributed by atoms with E-state index in [1.54, 1.807) is 27.7 Å². The second kappa shape index (κ2) is 5.48. The zero-order valence-corrected chi connectivity index (χ0v) is 9.79. The van der Waals surface area contributed by atoms with Crippen LogP contribution < -0.4 is 0 Å². The summed E-state index contributed by atoms with van der Waals surface area (Å²) in [6, 6.07) is 0. The number of ether oxygens (including phenoxy) is 1. The van der Waals surface area contributed by atoms with E-state index in [-0.39, 0.29) is 12.3 Å². The van der Waals surface area contributed by atoms with Crippen molar-refractivity contribution in [3.63, 3.8) is 0 Å². The van der Waals surface area contributed by atoms with Gasteiger partial charge in [-0.1, -0.05) is 5.16 Å². The van der Waals surface area contributed by atoms with Crippen LogP contribution in [0.3, 0.4) is 0 Å². The SMILES string of the molecule is CCOC(=O)/C(=N/OC(C)(C)C)C(C)=O. The van der Waals surface area contributed by atoms with Gasteiger partial charge in [0.25, 0.3) is 0 Å². The summed E-state index contributed by atoms with van der Waals surface area (Å²) in [4.78, 5) is 27.3. The van der Waals surface area contributed by atoms with Gasteiger partial charge in [0.05, 0.1) is 6.61 Å². The van der Waals surface area contributed by atoms with Crippen molar-refractivity contribution in [1.82, 2.24) is 0 Å². The van der Waals surface area contributed by atoms with E-state index in [9.17, 15) is 9.59 Å². The molecule has 0 aliphatic heterocycles. The van der Waals surface area contributed by atoms with Gasteiger partial charge in [-0.2, -0.15) is 0 Å². The molecule has 0 saturated carbocycles. The minimum absolute atomic E-state index is 0.195. The number of hydrogen-bond acceptors (Lipinski definition) is 5. The first-order valence-corrected chi connectivity index (χ1v) is 4.72. The van der Waals surface area contributed by atoms with E-state index in [0.29, 0.717) is 0 Å². The van der Waals surface area contributed by atoms with E-state index in [2.05, 4.69) is 9.89 Å². The van der Waals surface area contributed by atoms with Crippen LogP contribution in [-0.4, -0.2) is 29.7 Å². The Bertz CT molecular complexity index is 276. The molecule has 86 valence electrons. The lowest BCUT2D eigenvalue weighted by atomic mass is 10.2. The Morgan fingerprint density at radius 3 is 2.13 bits per heavy atom. The number of esters is 1. The average Bonchev–Trinajstić information content (AvgIpc) is 2.01. The van der Waals surface area contributed by atoms with Crippen LogP contribution in [0.2, 0.25) is 0 Å². The van der Waals surface area contributed by atoms with Gasteiger partial charge in [-0.25, -0.2) is 4.79 Å². The molecule has 0 N–H and O–H groups in total. The Morgan fingerprint density at radius 1 is 1.27 bits per heavy atom. The molecule has 0 unspecified atom stereocenters. The monoisotopic (exact) mass is 215 g/mol. The van der Waals surface area contributed by atoms with Crippen LogP contribution in [0.5, 0.6) is 0 Å². The van der Waals surface area contributed by atoms with Crippen molar-refractivity contribution in [1.29, 1.82) is 0 Å². The largest absolute Gasteiger partial charge is 0.461 e. The lowest BCUT2D eigenvalue weighted by Crippen LogP contribution is -2.27. The van der Waals surface area contributed by atoms with Crippen LogP contribution in [0, 0.1) is 0 Å². The first-order chi connectivity index (χ1) is 6.78. The quantitative estimate of drug-likeness (QED) is 0.307. The van der Waals surface area contributed by atoms with Crippen LogP contribution >= 0.6 is 0 Å². The number of nitrogens with zero attached hydrogens (tertiary/aromatic N) is 1. The molecule has 0 heterocycles. The molecule has 0 saturated heterocycles. The number of hydrogen-bond donors (Lipinski definition) is 0. The molecule has 15 heavy (non-hydrogen) atoms. The minimum atomic E-state index is -0.755. The van der Waals surface area contributed by atoms with E-state index in [0.717, 1.165) is 0 Å². The van der Waals surface area contributed by atoms with Gasteiger partial charge < -0.3 is 9.57 Å². The Balaban J connectivity index is 4.67. The summed E-state index contributed by atoms with van der Waals surface area (Å²) in [6.45, 7) is 8.38. The predicted octanol–water partition coefficient (Wildman–Crippen LogP) is 1.31. The maximum absolute atomic E-state index is 11.2. The van der Waals surface area contributed by atoms with E-state index >= 15 is 0 Å². The third-order valence-corrected chi connectivity index (χ3v) is 1.21. The fourth-order valence-corrected chi connectivity index (χ4v) is 0.627. The maximum Gasteiger partial charge on any atom is 0.364 e. The number of Topliss-reactive ketones (excluding diaryl/α,β-unsaturated/α-hetero) is 1. The van der Waals surface area contributed by atoms with Crippen LogP contribution in [0.1, 0.15) is 34.6 Å². The first kappa shape index (κ1) is 13.6. The van der Waals surface area contributed by atoms with Crippen molar-refractivity contribution in [2.24, 2.45) is 5.16 Å². The Kier molecular flexibility index (Phi) is 4.97. The van der Waals surface area contributed by atoms with Gasteiger partial charge in [-0.15, -0.1) is 0 Å². The first-order valence-electron chi connectivity index (χ1n) is 4.72. The maximum atomic E-state index is 11.2. The zero-order chi connectivity index (χ0) is 12.1. The predicted molar refractivity (Wildman–Crippen MR) is 55.6 cm³/mol. The van der Waals surface area contributed by atoms with Gasteiger partial charge in [-0.3, -0.25) is 4.79 Å². The van der Waals surface area contributed by atoms with Gasteiger partial charge in [0, 0.05) is 6.92 Å². The fourth-order valence-electron chi connectivity index (χ4n) is 0.627. The summed E-state index contributed by atoms with van der Waals surface area (Å²) < 4.78 is 4.66. The smallest absolute Gasteiger partial charge is 0.364 e. The molecule has 0 radical (unpaired) electrons. The van der Waals surface area contributed by atoms with Crippen molar-refractivity contribution < 1.29 is 19.2 Å². The number of oxime groups is 1. The molecule has 0 aliphatic rings. The highest BCUT2D eigenvalue weighted by Gasteiger charge is 2.20. The average molecular weight is 215 g/mol. The van der Waals surface area contributed by atoms with Crippen molar-refractivity contribution in [3.8, 4) is 0 Å². The topological polar surface area (TPSA) is 65.0 Å². The lowest BCUT2D eigenvalue weighted by Gasteiger charge is -2.15. The van der Waals surface area contributed by atoms with E-state index in [1.165, 1.54) is 6.92 Å². The number of rotatable bonds is 4. The molecule has 5 nitrogen and oxygen atoms in total. The molecule has 0 atom stereocenters. The van der Waals surface area contributed by atoms with E-state index < -0.39 is 17.4 Å². The van der Waals surface area contributed by atoms with Crippen LogP contribution in [0.4, 0.5) is 0 Å². The van der Waals surface area contributed by atoms with Gasteiger partial charge >= 0.3 is 5.97 Å². The molecule has 0 bridgehead atoms. The molecule has 0 rings (SSSR count). The standard InChI is InChI=1S/C10H17NO4/c1-6-14-9(13)8(7(2)12)11-15-10(3,4)5/h6H2,1-5H3/b11-8+. The molecule has 0 aromatic carbocycles. The zero-order valence-electron chi connectivity index (χ0n) is 9.79. The lowest BCUT2D eigenvalue weighted by molar-refractivity contribution is -0.136. The second-order valence-electron chi connectivity index (χ2n) is 3.92. The van der Waals surface area contributed by atoms with Crippen molar-refractivity contribution >= 4 is 17.5 Å². The Morgan fingerprint density at radius 2 is 1.80 bits per heavy atom. The van der Waals surface area contributed by atoms with E-state index in [4.69, 9.17) is 4.84 Å². The van der Waals surface area contributed by atoms with Gasteiger partial charge in [0.2, 0.25) is 5.71 Å². The Hall–Kier alpha value is -1.39.